The molecule has 108 valence electrons. The van der Waals surface area contributed by atoms with E-state index in [-0.39, 0.29) is 0 Å². The summed E-state index contributed by atoms with van der Waals surface area (Å²) in [6.45, 7) is 6.09. The van der Waals surface area contributed by atoms with Crippen LogP contribution in [0.15, 0.2) is 36.8 Å². The lowest BCUT2D eigenvalue weighted by Crippen LogP contribution is -1.97. The molecule has 1 heterocycles. The summed E-state index contributed by atoms with van der Waals surface area (Å²) < 4.78 is 7.90. The zero-order valence-corrected chi connectivity index (χ0v) is 12.5. The normalized spacial score (nSPS) is 10.7. The van der Waals surface area contributed by atoms with Crippen molar-refractivity contribution in [2.45, 2.75) is 46.1 Å². The fourth-order valence-corrected chi connectivity index (χ4v) is 2.25. The van der Waals surface area contributed by atoms with Gasteiger partial charge in [-0.2, -0.15) is 0 Å². The zero-order chi connectivity index (χ0) is 14.2. The minimum atomic E-state index is 0.812. The molecule has 0 fully saturated rings. The van der Waals surface area contributed by atoms with E-state index in [1.54, 1.807) is 0 Å². The zero-order valence-electron chi connectivity index (χ0n) is 12.5. The van der Waals surface area contributed by atoms with Gasteiger partial charge < -0.3 is 9.30 Å². The molecule has 0 saturated carbocycles. The monoisotopic (exact) mass is 272 g/mol. The number of unbranched alkanes of at least 4 members (excludes halogenated alkanes) is 3. The van der Waals surface area contributed by atoms with E-state index < -0.39 is 0 Å². The topological polar surface area (TPSA) is 27.1 Å². The fraction of sp³-hybridized carbons (Fsp3) is 0.471. The summed E-state index contributed by atoms with van der Waals surface area (Å²) in [7, 11) is 0. The third kappa shape index (κ3) is 3.86. The second-order valence-corrected chi connectivity index (χ2v) is 5.00. The number of hydrogen-bond donors (Lipinski definition) is 0. The van der Waals surface area contributed by atoms with Crippen molar-refractivity contribution in [2.24, 2.45) is 0 Å². The lowest BCUT2D eigenvalue weighted by Gasteiger charge is -2.08. The number of aromatic nitrogens is 2. The highest BCUT2D eigenvalue weighted by atomic mass is 16.5. The Morgan fingerprint density at radius 2 is 1.85 bits per heavy atom. The Kier molecular flexibility index (Phi) is 5.66. The summed E-state index contributed by atoms with van der Waals surface area (Å²) in [4.78, 5) is 4.20. The van der Waals surface area contributed by atoms with Crippen LogP contribution in [0.2, 0.25) is 0 Å². The van der Waals surface area contributed by atoms with Crippen LogP contribution in [-0.4, -0.2) is 16.2 Å². The highest BCUT2D eigenvalue weighted by molar-refractivity contribution is 5.59. The van der Waals surface area contributed by atoms with Crippen molar-refractivity contribution in [2.75, 3.05) is 6.61 Å². The van der Waals surface area contributed by atoms with Gasteiger partial charge in [-0.1, -0.05) is 26.2 Å². The summed E-state index contributed by atoms with van der Waals surface area (Å²) in [6, 6.07) is 8.29. The Morgan fingerprint density at radius 3 is 2.55 bits per heavy atom. The molecule has 1 aromatic carbocycles. The molecule has 1 aromatic heterocycles. The van der Waals surface area contributed by atoms with E-state index in [4.69, 9.17) is 4.74 Å². The molecule has 0 aliphatic rings. The first-order chi connectivity index (χ1) is 9.85. The molecule has 0 spiro atoms. The van der Waals surface area contributed by atoms with Crippen molar-refractivity contribution in [3.63, 3.8) is 0 Å². The van der Waals surface area contributed by atoms with Crippen LogP contribution >= 0.6 is 0 Å². The number of rotatable bonds is 8. The van der Waals surface area contributed by atoms with Crippen LogP contribution in [0.25, 0.3) is 11.3 Å². The summed E-state index contributed by atoms with van der Waals surface area (Å²) in [5.74, 6) is 0.952. The van der Waals surface area contributed by atoms with Crippen LogP contribution in [0.1, 0.15) is 39.5 Å². The molecule has 0 aliphatic carbocycles. The van der Waals surface area contributed by atoms with Crippen molar-refractivity contribution in [1.29, 1.82) is 0 Å². The quantitative estimate of drug-likeness (QED) is 0.660. The maximum absolute atomic E-state index is 5.76. The van der Waals surface area contributed by atoms with Crippen LogP contribution < -0.4 is 4.74 Å². The third-order valence-corrected chi connectivity index (χ3v) is 3.47. The van der Waals surface area contributed by atoms with Crippen LogP contribution in [0.5, 0.6) is 5.75 Å². The first-order valence-electron chi connectivity index (χ1n) is 7.58. The van der Waals surface area contributed by atoms with Gasteiger partial charge in [-0.05, 0) is 37.6 Å². The first-order valence-corrected chi connectivity index (χ1v) is 7.58. The maximum atomic E-state index is 5.76. The van der Waals surface area contributed by atoms with Gasteiger partial charge in [0, 0.05) is 12.1 Å². The van der Waals surface area contributed by atoms with Gasteiger partial charge in [0.1, 0.15) is 5.75 Å². The van der Waals surface area contributed by atoms with E-state index in [0.29, 0.717) is 0 Å². The molecule has 0 bridgehead atoms. The molecule has 20 heavy (non-hydrogen) atoms. The molecule has 2 aromatic rings. The van der Waals surface area contributed by atoms with Gasteiger partial charge in [0.2, 0.25) is 0 Å². The number of aryl methyl sites for hydroxylation is 1. The van der Waals surface area contributed by atoms with Crippen LogP contribution in [-0.2, 0) is 6.54 Å². The third-order valence-electron chi connectivity index (χ3n) is 3.47. The Labute approximate surface area is 121 Å². The predicted octanol–water partition coefficient (Wildman–Crippen LogP) is 4.53. The number of nitrogens with zero attached hydrogens (tertiary/aromatic N) is 2. The SMILES string of the molecule is CCCCCCOc1ccc(-c2cncn2CC)cc1. The van der Waals surface area contributed by atoms with Gasteiger partial charge in [-0.3, -0.25) is 0 Å². The molecule has 0 unspecified atom stereocenters. The number of imidazole rings is 1. The van der Waals surface area contributed by atoms with Crippen LogP contribution in [0, 0.1) is 0 Å². The molecule has 0 aliphatic heterocycles. The molecular formula is C17H24N2O. The Morgan fingerprint density at radius 1 is 1.05 bits per heavy atom. The van der Waals surface area contributed by atoms with E-state index in [9.17, 15) is 0 Å². The second kappa shape index (κ2) is 7.73. The Balaban J connectivity index is 1.90. The van der Waals surface area contributed by atoms with Crippen molar-refractivity contribution in [1.82, 2.24) is 9.55 Å². The van der Waals surface area contributed by atoms with Gasteiger partial charge in [0.25, 0.3) is 0 Å². The first kappa shape index (κ1) is 14.6. The lowest BCUT2D eigenvalue weighted by atomic mass is 10.1. The average Bonchev–Trinajstić information content (AvgIpc) is 2.96. The maximum Gasteiger partial charge on any atom is 0.119 e. The van der Waals surface area contributed by atoms with Gasteiger partial charge >= 0.3 is 0 Å². The van der Waals surface area contributed by atoms with E-state index in [1.807, 2.05) is 24.7 Å². The minimum absolute atomic E-state index is 0.812. The van der Waals surface area contributed by atoms with Crippen molar-refractivity contribution in [3.8, 4) is 17.0 Å². The lowest BCUT2D eigenvalue weighted by molar-refractivity contribution is 0.305. The smallest absolute Gasteiger partial charge is 0.119 e. The van der Waals surface area contributed by atoms with Crippen molar-refractivity contribution >= 4 is 0 Å². The highest BCUT2D eigenvalue weighted by Crippen LogP contribution is 2.22. The van der Waals surface area contributed by atoms with E-state index >= 15 is 0 Å². The molecule has 3 nitrogen and oxygen atoms in total. The van der Waals surface area contributed by atoms with E-state index in [1.165, 1.54) is 24.8 Å². The molecule has 0 N–H and O–H groups in total. The summed E-state index contributed by atoms with van der Waals surface area (Å²) >= 11 is 0. The van der Waals surface area contributed by atoms with E-state index in [2.05, 4.69) is 35.5 Å². The minimum Gasteiger partial charge on any atom is -0.494 e. The molecular weight excluding hydrogens is 248 g/mol. The molecule has 0 saturated heterocycles. The van der Waals surface area contributed by atoms with Crippen LogP contribution in [0.4, 0.5) is 0 Å². The number of benzene rings is 1. The molecule has 0 amide bonds. The Hall–Kier alpha value is -1.77. The van der Waals surface area contributed by atoms with Gasteiger partial charge in [0.15, 0.2) is 0 Å². The largest absolute Gasteiger partial charge is 0.494 e. The van der Waals surface area contributed by atoms with Gasteiger partial charge in [-0.25, -0.2) is 4.98 Å². The van der Waals surface area contributed by atoms with Crippen molar-refractivity contribution in [3.05, 3.63) is 36.8 Å². The van der Waals surface area contributed by atoms with E-state index in [0.717, 1.165) is 31.0 Å². The summed E-state index contributed by atoms with van der Waals surface area (Å²) in [6.07, 6.45) is 8.73. The Bertz CT molecular complexity index is 502. The van der Waals surface area contributed by atoms with Crippen LogP contribution in [0.3, 0.4) is 0 Å². The van der Waals surface area contributed by atoms with Gasteiger partial charge in [0.05, 0.1) is 24.8 Å². The fourth-order valence-electron chi connectivity index (χ4n) is 2.25. The highest BCUT2D eigenvalue weighted by Gasteiger charge is 2.03. The van der Waals surface area contributed by atoms with Crippen molar-refractivity contribution < 1.29 is 4.74 Å². The second-order valence-electron chi connectivity index (χ2n) is 5.00. The summed E-state index contributed by atoms with van der Waals surface area (Å²) in [5.41, 5.74) is 2.34. The molecule has 2 rings (SSSR count). The molecule has 0 radical (unpaired) electrons. The van der Waals surface area contributed by atoms with Gasteiger partial charge in [-0.15, -0.1) is 0 Å². The number of hydrogen-bond acceptors (Lipinski definition) is 2. The predicted molar refractivity (Wildman–Crippen MR) is 83.0 cm³/mol. The average molecular weight is 272 g/mol. The molecule has 3 heteroatoms. The summed E-state index contributed by atoms with van der Waals surface area (Å²) in [5, 5.41) is 0. The molecule has 0 atom stereocenters. The standard InChI is InChI=1S/C17H24N2O/c1-3-5-6-7-12-20-16-10-8-15(9-11-16)17-13-18-14-19(17)4-2/h8-11,13-14H,3-7,12H2,1-2H3. The number of ether oxygens (including phenoxy) is 1.